The van der Waals surface area contributed by atoms with Crippen molar-refractivity contribution in [2.24, 2.45) is 0 Å². The van der Waals surface area contributed by atoms with Crippen LogP contribution < -0.4 is 10.6 Å². The second-order valence-electron chi connectivity index (χ2n) is 4.35. The molecule has 2 aromatic carbocycles. The Morgan fingerprint density at radius 2 is 1.43 bits per heavy atom. The van der Waals surface area contributed by atoms with E-state index in [-0.39, 0.29) is 0 Å². The first-order valence-electron chi connectivity index (χ1n) is 6.21. The number of alkyl halides is 3. The van der Waals surface area contributed by atoms with Gasteiger partial charge in [-0.05, 0) is 17.7 Å². The van der Waals surface area contributed by atoms with Crippen LogP contribution in [-0.4, -0.2) is 9.82 Å². The maximum absolute atomic E-state index is 12.0. The minimum atomic E-state index is -1.66. The lowest BCUT2D eigenvalue weighted by Gasteiger charge is -2.26. The van der Waals surface area contributed by atoms with Crippen LogP contribution >= 0.6 is 34.8 Å². The van der Waals surface area contributed by atoms with E-state index >= 15 is 0 Å². The number of anilines is 1. The van der Waals surface area contributed by atoms with E-state index in [1.54, 1.807) is 24.3 Å². The van der Waals surface area contributed by atoms with Crippen molar-refractivity contribution in [2.75, 3.05) is 5.32 Å². The Kier molecular flexibility index (Phi) is 5.34. The number of carbonyl (C=O) groups excluding carboxylic acids is 1. The van der Waals surface area contributed by atoms with Gasteiger partial charge in [-0.2, -0.15) is 0 Å². The van der Waals surface area contributed by atoms with E-state index in [0.717, 1.165) is 0 Å². The van der Waals surface area contributed by atoms with Crippen molar-refractivity contribution in [1.82, 2.24) is 5.32 Å². The summed E-state index contributed by atoms with van der Waals surface area (Å²) in [6.07, 6.45) is 0. The normalized spacial score (nSPS) is 12.5. The molecule has 2 rings (SSSR count). The summed E-state index contributed by atoms with van der Waals surface area (Å²) in [5.41, 5.74) is 1.37. The van der Waals surface area contributed by atoms with Gasteiger partial charge in [-0.25, -0.2) is 4.79 Å². The third kappa shape index (κ3) is 4.81. The van der Waals surface area contributed by atoms with Crippen LogP contribution in [0, 0.1) is 0 Å². The average Bonchev–Trinajstić information content (AvgIpc) is 2.45. The van der Waals surface area contributed by atoms with E-state index in [0.29, 0.717) is 11.3 Å². The van der Waals surface area contributed by atoms with Gasteiger partial charge in [0, 0.05) is 5.69 Å². The molecule has 0 heterocycles. The summed E-state index contributed by atoms with van der Waals surface area (Å²) in [6, 6.07) is 16.9. The van der Waals surface area contributed by atoms with E-state index in [2.05, 4.69) is 10.6 Å². The van der Waals surface area contributed by atoms with Crippen LogP contribution in [0.3, 0.4) is 0 Å². The second-order valence-corrected chi connectivity index (χ2v) is 6.72. The molecule has 2 aromatic rings. The van der Waals surface area contributed by atoms with Gasteiger partial charge in [0.2, 0.25) is 3.79 Å². The molecule has 0 radical (unpaired) electrons. The molecule has 0 bridgehead atoms. The van der Waals surface area contributed by atoms with Crippen molar-refractivity contribution in [1.29, 1.82) is 0 Å². The zero-order valence-corrected chi connectivity index (χ0v) is 13.2. The fourth-order valence-electron chi connectivity index (χ4n) is 1.82. The Morgan fingerprint density at radius 3 is 1.95 bits per heavy atom. The summed E-state index contributed by atoms with van der Waals surface area (Å²) in [7, 11) is 0. The molecule has 1 atom stereocenters. The highest BCUT2D eigenvalue weighted by atomic mass is 35.6. The number of hydrogen-bond donors (Lipinski definition) is 2. The number of halogens is 3. The number of para-hydroxylation sites is 1. The highest BCUT2D eigenvalue weighted by molar-refractivity contribution is 6.68. The smallest absolute Gasteiger partial charge is 0.319 e. The molecule has 0 spiro atoms. The van der Waals surface area contributed by atoms with Crippen LogP contribution in [0.1, 0.15) is 11.6 Å². The number of nitrogens with one attached hydrogen (secondary N) is 2. The van der Waals surface area contributed by atoms with Crippen molar-refractivity contribution in [3.05, 3.63) is 66.2 Å². The summed E-state index contributed by atoms with van der Waals surface area (Å²) >= 11 is 17.9. The number of rotatable bonds is 3. The molecule has 3 nitrogen and oxygen atoms in total. The molecule has 0 fully saturated rings. The van der Waals surface area contributed by atoms with Crippen LogP contribution in [0.15, 0.2) is 60.7 Å². The maximum atomic E-state index is 12.0. The molecule has 0 aliphatic rings. The van der Waals surface area contributed by atoms with Crippen molar-refractivity contribution in [3.63, 3.8) is 0 Å². The molecule has 0 aliphatic heterocycles. The van der Waals surface area contributed by atoms with Crippen LogP contribution in [0.25, 0.3) is 0 Å². The van der Waals surface area contributed by atoms with Crippen molar-refractivity contribution in [3.8, 4) is 0 Å². The molecule has 0 unspecified atom stereocenters. The maximum Gasteiger partial charge on any atom is 0.319 e. The highest BCUT2D eigenvalue weighted by Crippen LogP contribution is 2.39. The Labute approximate surface area is 138 Å². The molecule has 0 aliphatic carbocycles. The van der Waals surface area contributed by atoms with Gasteiger partial charge in [-0.3, -0.25) is 0 Å². The van der Waals surface area contributed by atoms with E-state index in [9.17, 15) is 4.79 Å². The largest absolute Gasteiger partial charge is 0.327 e. The van der Waals surface area contributed by atoms with Gasteiger partial charge >= 0.3 is 6.03 Å². The minimum absolute atomic E-state index is 0.443. The van der Waals surface area contributed by atoms with Gasteiger partial charge < -0.3 is 10.6 Å². The molecule has 2 N–H and O–H groups in total. The summed E-state index contributed by atoms with van der Waals surface area (Å²) < 4.78 is -1.66. The van der Waals surface area contributed by atoms with E-state index in [1.165, 1.54) is 0 Å². The lowest BCUT2D eigenvalue weighted by Crippen LogP contribution is -2.39. The summed E-state index contributed by atoms with van der Waals surface area (Å²) in [4.78, 5) is 12.0. The van der Waals surface area contributed by atoms with Crippen LogP contribution in [-0.2, 0) is 0 Å². The molecule has 0 saturated heterocycles. The van der Waals surface area contributed by atoms with Gasteiger partial charge in [0.1, 0.15) is 6.04 Å². The fourth-order valence-corrected chi connectivity index (χ4v) is 2.36. The topological polar surface area (TPSA) is 41.1 Å². The predicted molar refractivity (Wildman–Crippen MR) is 88.1 cm³/mol. The quantitative estimate of drug-likeness (QED) is 0.763. The average molecular weight is 344 g/mol. The fraction of sp³-hybridized carbons (Fsp3) is 0.133. The van der Waals surface area contributed by atoms with Gasteiger partial charge in [-0.15, -0.1) is 0 Å². The van der Waals surface area contributed by atoms with E-state index in [4.69, 9.17) is 34.8 Å². The zero-order chi connectivity index (χ0) is 15.3. The predicted octanol–water partition coefficient (Wildman–Crippen LogP) is 4.92. The van der Waals surface area contributed by atoms with Gasteiger partial charge in [-0.1, -0.05) is 83.3 Å². The Hall–Kier alpha value is -1.42. The third-order valence-corrected chi connectivity index (χ3v) is 3.42. The van der Waals surface area contributed by atoms with Gasteiger partial charge in [0.15, 0.2) is 0 Å². The summed E-state index contributed by atoms with van der Waals surface area (Å²) in [5, 5.41) is 5.36. The Balaban J connectivity index is 2.11. The lowest BCUT2D eigenvalue weighted by atomic mass is 10.1. The molecule has 21 heavy (non-hydrogen) atoms. The molecular weight excluding hydrogens is 331 g/mol. The molecule has 0 aromatic heterocycles. The lowest BCUT2D eigenvalue weighted by molar-refractivity contribution is 0.248. The van der Waals surface area contributed by atoms with E-state index < -0.39 is 15.9 Å². The monoisotopic (exact) mass is 342 g/mol. The molecule has 6 heteroatoms. The number of hydrogen-bond acceptors (Lipinski definition) is 1. The van der Waals surface area contributed by atoms with Crippen LogP contribution in [0.2, 0.25) is 0 Å². The first-order valence-corrected chi connectivity index (χ1v) is 7.34. The SMILES string of the molecule is O=C(Nc1ccccc1)N[C@H](c1ccccc1)C(Cl)(Cl)Cl. The van der Waals surface area contributed by atoms with Crippen LogP contribution in [0.4, 0.5) is 10.5 Å². The standard InChI is InChI=1S/C15H13Cl3N2O/c16-15(17,18)13(11-7-3-1-4-8-11)20-14(21)19-12-9-5-2-6-10-12/h1-10,13H,(H2,19,20,21)/t13-/m1/s1. The first-order chi connectivity index (χ1) is 9.97. The Morgan fingerprint density at radius 1 is 0.905 bits per heavy atom. The molecule has 0 saturated carbocycles. The third-order valence-electron chi connectivity index (χ3n) is 2.77. The van der Waals surface area contributed by atoms with Crippen molar-refractivity contribution >= 4 is 46.5 Å². The first kappa shape index (κ1) is 16.0. The molecule has 110 valence electrons. The minimum Gasteiger partial charge on any atom is -0.327 e. The zero-order valence-electron chi connectivity index (χ0n) is 10.9. The van der Waals surface area contributed by atoms with E-state index in [1.807, 2.05) is 36.4 Å². The van der Waals surface area contributed by atoms with Gasteiger partial charge in [0.25, 0.3) is 0 Å². The highest BCUT2D eigenvalue weighted by Gasteiger charge is 2.35. The van der Waals surface area contributed by atoms with Crippen molar-refractivity contribution < 1.29 is 4.79 Å². The second kappa shape index (κ2) is 7.03. The summed E-state index contributed by atoms with van der Waals surface area (Å²) in [5.74, 6) is 0. The number of urea groups is 1. The Bertz CT molecular complexity index is 585. The van der Waals surface area contributed by atoms with Crippen LogP contribution in [0.5, 0.6) is 0 Å². The molecular formula is C15H13Cl3N2O. The number of carbonyl (C=O) groups is 1. The molecule has 2 amide bonds. The van der Waals surface area contributed by atoms with Crippen molar-refractivity contribution in [2.45, 2.75) is 9.83 Å². The summed E-state index contributed by atoms with van der Waals surface area (Å²) in [6.45, 7) is 0. The number of amides is 2. The number of benzene rings is 2. The van der Waals surface area contributed by atoms with Gasteiger partial charge in [0.05, 0.1) is 0 Å².